The fraction of sp³-hybridized carbons (Fsp3) is 0.118. The van der Waals surface area contributed by atoms with Crippen LogP contribution in [0.2, 0.25) is 5.02 Å². The lowest BCUT2D eigenvalue weighted by Crippen LogP contribution is -2.11. The van der Waals surface area contributed by atoms with Crippen molar-refractivity contribution >= 4 is 17.3 Å². The normalized spacial score (nSPS) is 13.0. The van der Waals surface area contributed by atoms with E-state index >= 15 is 0 Å². The molecule has 0 radical (unpaired) electrons. The molecule has 0 bridgehead atoms. The summed E-state index contributed by atoms with van der Waals surface area (Å²) in [5, 5.41) is 9.07. The number of aliphatic imine (C=N–C) groups is 1. The highest BCUT2D eigenvalue weighted by Crippen LogP contribution is 2.28. The first-order chi connectivity index (χ1) is 11.3. The molecule has 0 amide bonds. The van der Waals surface area contributed by atoms with Gasteiger partial charge in [0.1, 0.15) is 6.54 Å². The van der Waals surface area contributed by atoms with Crippen molar-refractivity contribution in [2.75, 3.05) is 0 Å². The SMILES string of the molecule is NCc1nnc2n1-c1ccccc1C(c1ccccc1Cl)=NC2. The number of aromatic nitrogens is 3. The van der Waals surface area contributed by atoms with E-state index in [0.29, 0.717) is 18.1 Å². The van der Waals surface area contributed by atoms with Crippen molar-refractivity contribution in [2.24, 2.45) is 10.7 Å². The molecule has 3 aromatic rings. The van der Waals surface area contributed by atoms with Gasteiger partial charge in [0.25, 0.3) is 0 Å². The predicted molar refractivity (Wildman–Crippen MR) is 90.0 cm³/mol. The Kier molecular flexibility index (Phi) is 3.44. The third kappa shape index (κ3) is 2.25. The molecule has 23 heavy (non-hydrogen) atoms. The molecular formula is C17H14ClN5. The number of nitrogens with two attached hydrogens (primary N) is 1. The Morgan fingerprint density at radius 1 is 1.00 bits per heavy atom. The summed E-state index contributed by atoms with van der Waals surface area (Å²) in [4.78, 5) is 4.75. The molecule has 0 spiro atoms. The Labute approximate surface area is 138 Å². The van der Waals surface area contributed by atoms with Gasteiger partial charge in [-0.2, -0.15) is 0 Å². The molecule has 1 aliphatic heterocycles. The molecule has 6 heteroatoms. The molecular weight excluding hydrogens is 310 g/mol. The van der Waals surface area contributed by atoms with Crippen molar-refractivity contribution < 1.29 is 0 Å². The number of hydrogen-bond acceptors (Lipinski definition) is 4. The summed E-state index contributed by atoms with van der Waals surface area (Å²) in [6.45, 7) is 0.755. The van der Waals surface area contributed by atoms with E-state index in [1.54, 1.807) is 0 Å². The van der Waals surface area contributed by atoms with Gasteiger partial charge in [0.2, 0.25) is 0 Å². The van der Waals surface area contributed by atoms with Crippen LogP contribution in [0.15, 0.2) is 53.5 Å². The van der Waals surface area contributed by atoms with Crippen molar-refractivity contribution in [3.8, 4) is 5.69 Å². The molecule has 2 N–H and O–H groups in total. The van der Waals surface area contributed by atoms with Gasteiger partial charge in [-0.1, -0.05) is 48.0 Å². The zero-order valence-corrected chi connectivity index (χ0v) is 13.0. The smallest absolute Gasteiger partial charge is 0.159 e. The highest BCUT2D eigenvalue weighted by molar-refractivity contribution is 6.35. The van der Waals surface area contributed by atoms with Gasteiger partial charge in [0, 0.05) is 16.1 Å². The molecule has 1 aliphatic rings. The second-order valence-electron chi connectivity index (χ2n) is 5.23. The first-order valence-corrected chi connectivity index (χ1v) is 7.69. The summed E-state index contributed by atoms with van der Waals surface area (Å²) in [6, 6.07) is 15.8. The maximum atomic E-state index is 6.39. The van der Waals surface area contributed by atoms with Crippen LogP contribution in [-0.2, 0) is 13.1 Å². The molecule has 0 saturated heterocycles. The van der Waals surface area contributed by atoms with E-state index in [-0.39, 0.29) is 0 Å². The Bertz CT molecular complexity index is 913. The Morgan fingerprint density at radius 3 is 2.52 bits per heavy atom. The van der Waals surface area contributed by atoms with Gasteiger partial charge >= 0.3 is 0 Å². The van der Waals surface area contributed by atoms with E-state index in [1.807, 2.05) is 53.1 Å². The number of nitrogens with zero attached hydrogens (tertiary/aromatic N) is 4. The molecule has 4 rings (SSSR count). The second kappa shape index (κ2) is 5.61. The van der Waals surface area contributed by atoms with Crippen LogP contribution in [0.1, 0.15) is 22.8 Å². The third-order valence-corrected chi connectivity index (χ3v) is 4.22. The number of hydrogen-bond donors (Lipinski definition) is 1. The highest BCUT2D eigenvalue weighted by atomic mass is 35.5. The number of rotatable bonds is 2. The van der Waals surface area contributed by atoms with Crippen molar-refractivity contribution in [1.82, 2.24) is 14.8 Å². The molecule has 0 aliphatic carbocycles. The van der Waals surface area contributed by atoms with Crippen LogP contribution in [0.3, 0.4) is 0 Å². The quantitative estimate of drug-likeness (QED) is 0.788. The third-order valence-electron chi connectivity index (χ3n) is 3.89. The molecule has 1 aromatic heterocycles. The summed E-state index contributed by atoms with van der Waals surface area (Å²) in [5.41, 5.74) is 9.56. The van der Waals surface area contributed by atoms with Crippen LogP contribution < -0.4 is 5.73 Å². The van der Waals surface area contributed by atoms with E-state index in [1.165, 1.54) is 0 Å². The monoisotopic (exact) mass is 323 g/mol. The molecule has 0 atom stereocenters. The van der Waals surface area contributed by atoms with E-state index in [9.17, 15) is 0 Å². The second-order valence-corrected chi connectivity index (χ2v) is 5.64. The molecule has 0 saturated carbocycles. The number of benzene rings is 2. The van der Waals surface area contributed by atoms with Crippen LogP contribution >= 0.6 is 11.6 Å². The maximum absolute atomic E-state index is 6.39. The van der Waals surface area contributed by atoms with Crippen LogP contribution in [0.25, 0.3) is 5.69 Å². The van der Waals surface area contributed by atoms with E-state index < -0.39 is 0 Å². The summed E-state index contributed by atoms with van der Waals surface area (Å²) in [7, 11) is 0. The Hall–Kier alpha value is -2.50. The van der Waals surface area contributed by atoms with Gasteiger partial charge in [-0.15, -0.1) is 10.2 Å². The molecule has 0 fully saturated rings. The van der Waals surface area contributed by atoms with Gasteiger partial charge in [-0.05, 0) is 12.1 Å². The number of fused-ring (bicyclic) bond motifs is 3. The average molecular weight is 324 g/mol. The fourth-order valence-corrected chi connectivity index (χ4v) is 3.08. The van der Waals surface area contributed by atoms with Gasteiger partial charge in [-0.25, -0.2) is 0 Å². The lowest BCUT2D eigenvalue weighted by molar-refractivity contribution is 0.828. The van der Waals surface area contributed by atoms with E-state index in [4.69, 9.17) is 22.3 Å². The average Bonchev–Trinajstić information content (AvgIpc) is 2.92. The van der Waals surface area contributed by atoms with Crippen LogP contribution in [0.5, 0.6) is 0 Å². The molecule has 2 aromatic carbocycles. The van der Waals surface area contributed by atoms with Gasteiger partial charge in [-0.3, -0.25) is 9.56 Å². The highest BCUT2D eigenvalue weighted by Gasteiger charge is 2.22. The van der Waals surface area contributed by atoms with Gasteiger partial charge < -0.3 is 5.73 Å². The van der Waals surface area contributed by atoms with Crippen molar-refractivity contribution in [1.29, 1.82) is 0 Å². The topological polar surface area (TPSA) is 69.1 Å². The first kappa shape index (κ1) is 14.1. The summed E-state index contributed by atoms with van der Waals surface area (Å²) < 4.78 is 1.99. The zero-order chi connectivity index (χ0) is 15.8. The number of halogens is 1. The summed E-state index contributed by atoms with van der Waals surface area (Å²) in [5.74, 6) is 1.50. The molecule has 0 unspecified atom stereocenters. The summed E-state index contributed by atoms with van der Waals surface area (Å²) in [6.07, 6.45) is 0. The van der Waals surface area contributed by atoms with Crippen molar-refractivity contribution in [3.63, 3.8) is 0 Å². The zero-order valence-electron chi connectivity index (χ0n) is 12.3. The standard InChI is InChI=1S/C17H14ClN5/c18-13-7-3-1-5-11(13)17-12-6-2-4-8-14(12)23-15(9-19)21-22-16(23)10-20-17/h1-8H,9-10,19H2. The van der Waals surface area contributed by atoms with E-state index in [0.717, 1.165) is 34.2 Å². The minimum Gasteiger partial charge on any atom is -0.324 e. The van der Waals surface area contributed by atoms with Crippen LogP contribution in [0.4, 0.5) is 0 Å². The fourth-order valence-electron chi connectivity index (χ4n) is 2.85. The number of para-hydroxylation sites is 1. The van der Waals surface area contributed by atoms with E-state index in [2.05, 4.69) is 10.2 Å². The molecule has 114 valence electrons. The van der Waals surface area contributed by atoms with Gasteiger partial charge in [0.05, 0.1) is 17.9 Å². The predicted octanol–water partition coefficient (Wildman–Crippen LogP) is 2.73. The first-order valence-electron chi connectivity index (χ1n) is 7.32. The summed E-state index contributed by atoms with van der Waals surface area (Å²) >= 11 is 6.39. The van der Waals surface area contributed by atoms with Crippen LogP contribution in [-0.4, -0.2) is 20.5 Å². The Morgan fingerprint density at radius 2 is 1.74 bits per heavy atom. The molecule has 2 heterocycles. The lowest BCUT2D eigenvalue weighted by Gasteiger charge is -2.13. The Balaban J connectivity index is 1.99. The van der Waals surface area contributed by atoms with Gasteiger partial charge in [0.15, 0.2) is 11.6 Å². The maximum Gasteiger partial charge on any atom is 0.159 e. The van der Waals surface area contributed by atoms with Crippen LogP contribution in [0, 0.1) is 0 Å². The largest absolute Gasteiger partial charge is 0.324 e. The molecule has 5 nitrogen and oxygen atoms in total. The van der Waals surface area contributed by atoms with Crippen molar-refractivity contribution in [3.05, 3.63) is 76.3 Å². The lowest BCUT2D eigenvalue weighted by atomic mass is 10.0. The minimum absolute atomic E-state index is 0.322. The minimum atomic E-state index is 0.322. The van der Waals surface area contributed by atoms with Crippen molar-refractivity contribution in [2.45, 2.75) is 13.1 Å².